The Balaban J connectivity index is 1.89. The van der Waals surface area contributed by atoms with Crippen molar-refractivity contribution in [2.45, 2.75) is 12.5 Å². The van der Waals surface area contributed by atoms with Gasteiger partial charge in [-0.2, -0.15) is 0 Å². The highest BCUT2D eigenvalue weighted by Gasteiger charge is 2.28. The maximum Gasteiger partial charge on any atom is 0.207 e. The van der Waals surface area contributed by atoms with Crippen LogP contribution in [-0.4, -0.2) is 28.6 Å². The SMILES string of the molecule is O=C1c2cc(O)ccc2OCCC1Oc1cccnc1. The fourth-order valence-electron chi connectivity index (χ4n) is 2.11. The van der Waals surface area contributed by atoms with Crippen LogP contribution < -0.4 is 9.47 Å². The first-order valence-corrected chi connectivity index (χ1v) is 6.31. The van der Waals surface area contributed by atoms with Crippen molar-refractivity contribution in [3.63, 3.8) is 0 Å². The number of carbonyl (C=O) groups excluding carboxylic acids is 1. The summed E-state index contributed by atoms with van der Waals surface area (Å²) in [5.74, 6) is 0.847. The Labute approximate surface area is 115 Å². The van der Waals surface area contributed by atoms with E-state index in [1.54, 1.807) is 30.6 Å². The van der Waals surface area contributed by atoms with Gasteiger partial charge in [0.2, 0.25) is 5.78 Å². The smallest absolute Gasteiger partial charge is 0.207 e. The van der Waals surface area contributed by atoms with E-state index in [9.17, 15) is 9.90 Å². The van der Waals surface area contributed by atoms with Crippen molar-refractivity contribution in [3.8, 4) is 17.2 Å². The summed E-state index contributed by atoms with van der Waals surface area (Å²) in [6, 6.07) is 7.98. The van der Waals surface area contributed by atoms with Gasteiger partial charge in [0.05, 0.1) is 18.4 Å². The van der Waals surface area contributed by atoms with Crippen LogP contribution in [0.25, 0.3) is 0 Å². The van der Waals surface area contributed by atoms with Gasteiger partial charge >= 0.3 is 0 Å². The third kappa shape index (κ3) is 2.42. The first-order valence-electron chi connectivity index (χ1n) is 6.31. The Hall–Kier alpha value is -2.56. The highest BCUT2D eigenvalue weighted by atomic mass is 16.5. The van der Waals surface area contributed by atoms with Crippen molar-refractivity contribution in [1.82, 2.24) is 4.98 Å². The standard InChI is InChI=1S/C15H13NO4/c17-10-3-4-13-12(8-10)15(18)14(5-7-19-13)20-11-2-1-6-16-9-11/h1-4,6,8-9,14,17H,5,7H2. The molecular weight excluding hydrogens is 258 g/mol. The van der Waals surface area contributed by atoms with Crippen LogP contribution >= 0.6 is 0 Å². The summed E-state index contributed by atoms with van der Waals surface area (Å²) in [4.78, 5) is 16.4. The first kappa shape index (κ1) is 12.5. The lowest BCUT2D eigenvalue weighted by atomic mass is 10.0. The van der Waals surface area contributed by atoms with E-state index in [2.05, 4.69) is 4.98 Å². The monoisotopic (exact) mass is 271 g/mol. The number of phenolic OH excluding ortho intramolecular Hbond substituents is 1. The van der Waals surface area contributed by atoms with Crippen LogP contribution in [0.5, 0.6) is 17.2 Å². The Morgan fingerprint density at radius 1 is 1.35 bits per heavy atom. The van der Waals surface area contributed by atoms with E-state index >= 15 is 0 Å². The molecule has 0 saturated carbocycles. The number of hydrogen-bond acceptors (Lipinski definition) is 5. The van der Waals surface area contributed by atoms with Crippen LogP contribution in [0.3, 0.4) is 0 Å². The third-order valence-electron chi connectivity index (χ3n) is 3.07. The van der Waals surface area contributed by atoms with E-state index in [1.807, 2.05) is 0 Å². The maximum atomic E-state index is 12.5. The van der Waals surface area contributed by atoms with Crippen molar-refractivity contribution < 1.29 is 19.4 Å². The largest absolute Gasteiger partial charge is 0.508 e. The molecule has 2 aromatic rings. The topological polar surface area (TPSA) is 68.7 Å². The molecule has 5 heteroatoms. The van der Waals surface area contributed by atoms with Crippen molar-refractivity contribution in [2.75, 3.05) is 6.61 Å². The Kier molecular flexibility index (Phi) is 3.25. The number of ether oxygens (including phenoxy) is 2. The summed E-state index contributed by atoms with van der Waals surface area (Å²) in [7, 11) is 0. The average Bonchev–Trinajstić information content (AvgIpc) is 2.61. The predicted molar refractivity (Wildman–Crippen MR) is 71.2 cm³/mol. The van der Waals surface area contributed by atoms with Gasteiger partial charge in [0, 0.05) is 12.6 Å². The number of fused-ring (bicyclic) bond motifs is 1. The molecule has 3 rings (SSSR count). The first-order chi connectivity index (χ1) is 9.74. The fourth-order valence-corrected chi connectivity index (χ4v) is 2.11. The van der Waals surface area contributed by atoms with E-state index < -0.39 is 6.10 Å². The van der Waals surface area contributed by atoms with E-state index in [0.29, 0.717) is 30.1 Å². The van der Waals surface area contributed by atoms with Crippen LogP contribution in [0, 0.1) is 0 Å². The van der Waals surface area contributed by atoms with E-state index in [4.69, 9.17) is 9.47 Å². The molecule has 2 heterocycles. The van der Waals surface area contributed by atoms with Crippen LogP contribution in [0.2, 0.25) is 0 Å². The molecule has 1 aromatic carbocycles. The molecule has 20 heavy (non-hydrogen) atoms. The molecule has 1 aliphatic rings. The summed E-state index contributed by atoms with van der Waals surface area (Å²) in [5.41, 5.74) is 0.344. The normalized spacial score (nSPS) is 17.8. The average molecular weight is 271 g/mol. The van der Waals surface area contributed by atoms with Crippen LogP contribution in [0.15, 0.2) is 42.7 Å². The van der Waals surface area contributed by atoms with Gasteiger partial charge in [0.1, 0.15) is 17.2 Å². The molecule has 1 N–H and O–H groups in total. The van der Waals surface area contributed by atoms with Gasteiger partial charge in [-0.1, -0.05) is 0 Å². The molecule has 0 fully saturated rings. The lowest BCUT2D eigenvalue weighted by Crippen LogP contribution is -2.27. The second-order valence-electron chi connectivity index (χ2n) is 4.48. The van der Waals surface area contributed by atoms with Crippen molar-refractivity contribution in [2.24, 2.45) is 0 Å². The van der Waals surface area contributed by atoms with Crippen molar-refractivity contribution >= 4 is 5.78 Å². The molecule has 1 aromatic heterocycles. The number of nitrogens with zero attached hydrogens (tertiary/aromatic N) is 1. The summed E-state index contributed by atoms with van der Waals surface area (Å²) in [6.07, 6.45) is 3.01. The number of phenols is 1. The molecule has 1 atom stereocenters. The number of aromatic hydroxyl groups is 1. The van der Waals surface area contributed by atoms with Gasteiger partial charge < -0.3 is 14.6 Å². The zero-order valence-electron chi connectivity index (χ0n) is 10.7. The predicted octanol–water partition coefficient (Wildman–Crippen LogP) is 2.20. The molecule has 0 saturated heterocycles. The number of Topliss-reactive ketones (excluding diaryl/α,β-unsaturated/α-hetero) is 1. The summed E-state index contributed by atoms with van der Waals surface area (Å²) in [6.45, 7) is 0.383. The molecule has 0 spiro atoms. The Morgan fingerprint density at radius 2 is 2.25 bits per heavy atom. The highest BCUT2D eigenvalue weighted by Crippen LogP contribution is 2.29. The van der Waals surface area contributed by atoms with Gasteiger partial charge in [0.15, 0.2) is 6.10 Å². The van der Waals surface area contributed by atoms with Crippen LogP contribution in [0.1, 0.15) is 16.8 Å². The van der Waals surface area contributed by atoms with Gasteiger partial charge in [0.25, 0.3) is 0 Å². The minimum absolute atomic E-state index is 0.0303. The number of aromatic nitrogens is 1. The van der Waals surface area contributed by atoms with Gasteiger partial charge in [-0.05, 0) is 30.3 Å². The molecule has 1 unspecified atom stereocenters. The maximum absolute atomic E-state index is 12.5. The zero-order valence-corrected chi connectivity index (χ0v) is 10.7. The van der Waals surface area contributed by atoms with Gasteiger partial charge in [-0.25, -0.2) is 0 Å². The minimum Gasteiger partial charge on any atom is -0.508 e. The minimum atomic E-state index is -0.637. The number of carbonyl (C=O) groups is 1. The molecule has 1 aliphatic heterocycles. The van der Waals surface area contributed by atoms with Crippen LogP contribution in [0.4, 0.5) is 0 Å². The van der Waals surface area contributed by atoms with Gasteiger partial charge in [-0.3, -0.25) is 9.78 Å². The third-order valence-corrected chi connectivity index (χ3v) is 3.07. The van der Waals surface area contributed by atoms with E-state index in [0.717, 1.165) is 0 Å². The fraction of sp³-hybridized carbons (Fsp3) is 0.200. The number of rotatable bonds is 2. The molecule has 0 radical (unpaired) electrons. The lowest BCUT2D eigenvalue weighted by Gasteiger charge is -2.15. The summed E-state index contributed by atoms with van der Waals surface area (Å²) < 4.78 is 11.2. The van der Waals surface area contributed by atoms with E-state index in [-0.39, 0.29) is 11.5 Å². The van der Waals surface area contributed by atoms with Gasteiger partial charge in [-0.15, -0.1) is 0 Å². The quantitative estimate of drug-likeness (QED) is 0.906. The van der Waals surface area contributed by atoms with Crippen molar-refractivity contribution in [1.29, 1.82) is 0 Å². The number of benzene rings is 1. The molecule has 0 bridgehead atoms. The summed E-state index contributed by atoms with van der Waals surface area (Å²) >= 11 is 0. The molecule has 102 valence electrons. The van der Waals surface area contributed by atoms with Crippen LogP contribution in [-0.2, 0) is 0 Å². The Bertz CT molecular complexity index is 627. The summed E-state index contributed by atoms with van der Waals surface area (Å²) in [5, 5.41) is 9.52. The highest BCUT2D eigenvalue weighted by molar-refractivity contribution is 6.02. The lowest BCUT2D eigenvalue weighted by molar-refractivity contribution is 0.0775. The molecular formula is C15H13NO4. The number of pyridine rings is 1. The second-order valence-corrected chi connectivity index (χ2v) is 4.48. The zero-order chi connectivity index (χ0) is 13.9. The van der Waals surface area contributed by atoms with E-state index in [1.165, 1.54) is 12.1 Å². The molecule has 0 aliphatic carbocycles. The second kappa shape index (κ2) is 5.21. The number of hydrogen-bond donors (Lipinski definition) is 1. The molecule has 0 amide bonds. The van der Waals surface area contributed by atoms with Crippen molar-refractivity contribution in [3.05, 3.63) is 48.3 Å². The Morgan fingerprint density at radius 3 is 3.05 bits per heavy atom. The number of ketones is 1. The molecule has 5 nitrogen and oxygen atoms in total.